The molecule has 0 aliphatic carbocycles. The van der Waals surface area contributed by atoms with Crippen molar-refractivity contribution in [2.24, 2.45) is 0 Å². The highest BCUT2D eigenvalue weighted by Crippen LogP contribution is 2.34. The monoisotopic (exact) mass is 348 g/mol. The van der Waals surface area contributed by atoms with E-state index in [9.17, 15) is 22.4 Å². The Kier molecular flexibility index (Phi) is 5.37. The van der Waals surface area contributed by atoms with Crippen molar-refractivity contribution in [1.82, 2.24) is 9.80 Å². The third-order valence-corrected chi connectivity index (χ3v) is 4.29. The average molecular weight is 348 g/mol. The number of amides is 1. The smallest absolute Gasteiger partial charge is 0.416 e. The molecule has 1 heterocycles. The number of hydrogen-bond acceptors (Lipinski definition) is 2. The molecule has 4 nitrogen and oxygen atoms in total. The number of alkyl halides is 3. The molecule has 0 radical (unpaired) electrons. The minimum absolute atomic E-state index is 0.0810. The lowest BCUT2D eigenvalue weighted by Crippen LogP contribution is -2.42. The summed E-state index contributed by atoms with van der Waals surface area (Å²) < 4.78 is 52.9. The molecule has 1 amide bonds. The molecular weight excluding hydrogens is 328 g/mol. The summed E-state index contributed by atoms with van der Waals surface area (Å²) in [5.41, 5.74) is -0.993. The van der Waals surface area contributed by atoms with Crippen LogP contribution in [0.4, 0.5) is 22.4 Å². The molecule has 134 valence electrons. The Morgan fingerprint density at radius 1 is 1.42 bits per heavy atom. The van der Waals surface area contributed by atoms with E-state index < -0.39 is 23.7 Å². The van der Waals surface area contributed by atoms with Gasteiger partial charge in [0.15, 0.2) is 0 Å². The van der Waals surface area contributed by atoms with Crippen molar-refractivity contribution in [2.45, 2.75) is 45.1 Å². The summed E-state index contributed by atoms with van der Waals surface area (Å²) in [5.74, 6) is -0.722. The molecular formula is C16H20F4N2O2. The summed E-state index contributed by atoms with van der Waals surface area (Å²) in [6, 6.07) is 2.16. The Morgan fingerprint density at radius 3 is 2.58 bits per heavy atom. The maximum Gasteiger partial charge on any atom is 0.416 e. The van der Waals surface area contributed by atoms with Gasteiger partial charge in [-0.25, -0.2) is 9.18 Å². The molecule has 0 bridgehead atoms. The third-order valence-electron chi connectivity index (χ3n) is 4.29. The summed E-state index contributed by atoms with van der Waals surface area (Å²) in [5, 5.41) is 9.04. The van der Waals surface area contributed by atoms with Crippen molar-refractivity contribution in [3.05, 3.63) is 35.1 Å². The van der Waals surface area contributed by atoms with Gasteiger partial charge in [-0.3, -0.25) is 4.90 Å². The highest BCUT2D eigenvalue weighted by atomic mass is 19.4. The van der Waals surface area contributed by atoms with Crippen molar-refractivity contribution in [3.63, 3.8) is 0 Å². The first-order valence-electron chi connectivity index (χ1n) is 7.69. The number of carbonyl (C=O) groups is 1. The second kappa shape index (κ2) is 6.96. The van der Waals surface area contributed by atoms with Gasteiger partial charge in [0, 0.05) is 31.7 Å². The predicted octanol–water partition coefficient (Wildman–Crippen LogP) is 3.81. The normalized spacial score (nSPS) is 18.7. The van der Waals surface area contributed by atoms with Crippen LogP contribution < -0.4 is 0 Å². The van der Waals surface area contributed by atoms with Gasteiger partial charge in [0.05, 0.1) is 5.56 Å². The SMILES string of the molecule is CC(C)N(Cc1cc(F)ccc1C(F)(F)F)[C@H]1CCN(C(=O)O)C1. The van der Waals surface area contributed by atoms with Crippen LogP contribution in [0.25, 0.3) is 0 Å². The number of likely N-dealkylation sites (tertiary alicyclic amines) is 1. The van der Waals surface area contributed by atoms with E-state index in [1.54, 1.807) is 4.90 Å². The van der Waals surface area contributed by atoms with E-state index in [-0.39, 0.29) is 30.7 Å². The van der Waals surface area contributed by atoms with Gasteiger partial charge in [0.1, 0.15) is 5.82 Å². The van der Waals surface area contributed by atoms with Gasteiger partial charge in [0.25, 0.3) is 0 Å². The van der Waals surface area contributed by atoms with Gasteiger partial charge < -0.3 is 10.0 Å². The van der Waals surface area contributed by atoms with Crippen LogP contribution in [0.1, 0.15) is 31.4 Å². The first kappa shape index (κ1) is 18.5. The van der Waals surface area contributed by atoms with Crippen LogP contribution in [0.5, 0.6) is 0 Å². The van der Waals surface area contributed by atoms with Gasteiger partial charge in [-0.15, -0.1) is 0 Å². The van der Waals surface area contributed by atoms with Gasteiger partial charge >= 0.3 is 12.3 Å². The Hall–Kier alpha value is -1.83. The molecule has 1 aliphatic heterocycles. The molecule has 1 aliphatic rings. The summed E-state index contributed by atoms with van der Waals surface area (Å²) in [7, 11) is 0. The maximum atomic E-state index is 13.5. The molecule has 1 atom stereocenters. The Bertz CT molecular complexity index is 604. The first-order valence-corrected chi connectivity index (χ1v) is 7.69. The molecule has 0 saturated carbocycles. The van der Waals surface area contributed by atoms with Crippen LogP contribution in [0.3, 0.4) is 0 Å². The van der Waals surface area contributed by atoms with E-state index in [2.05, 4.69) is 0 Å². The highest BCUT2D eigenvalue weighted by Gasteiger charge is 2.36. The lowest BCUT2D eigenvalue weighted by atomic mass is 10.0. The van der Waals surface area contributed by atoms with E-state index >= 15 is 0 Å². The average Bonchev–Trinajstić information content (AvgIpc) is 2.92. The Balaban J connectivity index is 2.26. The molecule has 2 rings (SSSR count). The maximum absolute atomic E-state index is 13.5. The largest absolute Gasteiger partial charge is 0.465 e. The second-order valence-electron chi connectivity index (χ2n) is 6.24. The molecule has 24 heavy (non-hydrogen) atoms. The summed E-state index contributed by atoms with van der Waals surface area (Å²) in [6.45, 7) is 4.16. The Labute approximate surface area is 137 Å². The summed E-state index contributed by atoms with van der Waals surface area (Å²) >= 11 is 0. The van der Waals surface area contributed by atoms with Crippen molar-refractivity contribution in [2.75, 3.05) is 13.1 Å². The molecule has 1 N–H and O–H groups in total. The van der Waals surface area contributed by atoms with Gasteiger partial charge in [-0.1, -0.05) is 0 Å². The first-order chi connectivity index (χ1) is 11.1. The predicted molar refractivity (Wildman–Crippen MR) is 80.1 cm³/mol. The Morgan fingerprint density at radius 2 is 2.08 bits per heavy atom. The number of halogens is 4. The molecule has 1 aromatic carbocycles. The molecule has 1 saturated heterocycles. The molecule has 0 aromatic heterocycles. The van der Waals surface area contributed by atoms with E-state index in [1.165, 1.54) is 4.90 Å². The van der Waals surface area contributed by atoms with Crippen LogP contribution in [0, 0.1) is 5.82 Å². The highest BCUT2D eigenvalue weighted by molar-refractivity contribution is 5.65. The van der Waals surface area contributed by atoms with Crippen LogP contribution in [0.2, 0.25) is 0 Å². The van der Waals surface area contributed by atoms with Gasteiger partial charge in [-0.05, 0) is 44.0 Å². The van der Waals surface area contributed by atoms with Crippen molar-refractivity contribution >= 4 is 6.09 Å². The number of nitrogens with zero attached hydrogens (tertiary/aromatic N) is 2. The minimum Gasteiger partial charge on any atom is -0.465 e. The fraction of sp³-hybridized carbons (Fsp3) is 0.562. The standard InChI is InChI=1S/C16H20F4N2O2/c1-10(2)22(13-5-6-21(9-13)15(23)24)8-11-7-12(17)3-4-14(11)16(18,19)20/h3-4,7,10,13H,5-6,8-9H2,1-2H3,(H,23,24)/t13-/m0/s1. The number of rotatable bonds is 4. The molecule has 0 unspecified atom stereocenters. The number of hydrogen-bond donors (Lipinski definition) is 1. The van der Waals surface area contributed by atoms with Crippen molar-refractivity contribution in [1.29, 1.82) is 0 Å². The van der Waals surface area contributed by atoms with E-state index in [4.69, 9.17) is 5.11 Å². The number of benzene rings is 1. The molecule has 1 aromatic rings. The molecule has 0 spiro atoms. The topological polar surface area (TPSA) is 43.8 Å². The zero-order chi connectivity index (χ0) is 18.1. The van der Waals surface area contributed by atoms with Crippen LogP contribution in [-0.4, -0.2) is 46.2 Å². The number of carboxylic acid groups (broad SMARTS) is 1. The van der Waals surface area contributed by atoms with E-state index in [0.29, 0.717) is 13.0 Å². The van der Waals surface area contributed by atoms with Crippen molar-refractivity contribution < 1.29 is 27.5 Å². The van der Waals surface area contributed by atoms with Crippen LogP contribution in [-0.2, 0) is 12.7 Å². The van der Waals surface area contributed by atoms with Gasteiger partial charge in [0.2, 0.25) is 0 Å². The quantitative estimate of drug-likeness (QED) is 0.842. The van der Waals surface area contributed by atoms with Crippen LogP contribution in [0.15, 0.2) is 18.2 Å². The minimum atomic E-state index is -4.56. The zero-order valence-electron chi connectivity index (χ0n) is 13.5. The fourth-order valence-corrected chi connectivity index (χ4v) is 3.09. The lowest BCUT2D eigenvalue weighted by Gasteiger charge is -2.33. The molecule has 1 fully saturated rings. The van der Waals surface area contributed by atoms with Crippen LogP contribution >= 0.6 is 0 Å². The molecule has 8 heteroatoms. The summed E-state index contributed by atoms with van der Waals surface area (Å²) in [6.07, 6.45) is -5.06. The second-order valence-corrected chi connectivity index (χ2v) is 6.24. The zero-order valence-corrected chi connectivity index (χ0v) is 13.5. The van der Waals surface area contributed by atoms with E-state index in [1.807, 2.05) is 13.8 Å². The lowest BCUT2D eigenvalue weighted by molar-refractivity contribution is -0.138. The summed E-state index contributed by atoms with van der Waals surface area (Å²) in [4.78, 5) is 14.1. The third kappa shape index (κ3) is 4.17. The van der Waals surface area contributed by atoms with E-state index in [0.717, 1.165) is 18.2 Å². The van der Waals surface area contributed by atoms with Crippen molar-refractivity contribution in [3.8, 4) is 0 Å². The van der Waals surface area contributed by atoms with Gasteiger partial charge in [-0.2, -0.15) is 13.2 Å². The fourth-order valence-electron chi connectivity index (χ4n) is 3.09.